The van der Waals surface area contributed by atoms with Crippen LogP contribution in [-0.4, -0.2) is 42.9 Å². The summed E-state index contributed by atoms with van der Waals surface area (Å²) >= 11 is 1.46. The van der Waals surface area contributed by atoms with E-state index in [1.165, 1.54) is 11.8 Å². The number of alkyl carbamates (subject to hydrolysis) is 1. The second-order valence-electron chi connectivity index (χ2n) is 10.1. The summed E-state index contributed by atoms with van der Waals surface area (Å²) in [4.78, 5) is 41.0. The van der Waals surface area contributed by atoms with Crippen LogP contribution in [0.5, 0.6) is 0 Å². The molecule has 5 rings (SSSR count). The lowest BCUT2D eigenvalue weighted by molar-refractivity contribution is -0.120. The lowest BCUT2D eigenvalue weighted by atomic mass is 9.98. The Morgan fingerprint density at radius 1 is 1.05 bits per heavy atom. The molecule has 1 aliphatic carbocycles. The Morgan fingerprint density at radius 3 is 2.34 bits per heavy atom. The number of hydrogen-bond acceptors (Lipinski definition) is 5. The van der Waals surface area contributed by atoms with Crippen molar-refractivity contribution in [2.75, 3.05) is 23.8 Å². The molecule has 3 N–H and O–H groups in total. The number of thioether (sulfide) groups is 1. The van der Waals surface area contributed by atoms with Crippen LogP contribution < -0.4 is 16.0 Å². The molecule has 7 nitrogen and oxygen atoms in total. The number of nitrogens with one attached hydrogen (secondary N) is 1. The predicted octanol–water partition coefficient (Wildman–Crippen LogP) is 5.18. The molecule has 196 valence electrons. The summed E-state index contributed by atoms with van der Waals surface area (Å²) in [7, 11) is 0. The quantitative estimate of drug-likeness (QED) is 0.439. The molecule has 3 aromatic carbocycles. The summed E-state index contributed by atoms with van der Waals surface area (Å²) in [6.45, 7) is 4.82. The highest BCUT2D eigenvalue weighted by atomic mass is 32.2. The first-order valence-corrected chi connectivity index (χ1v) is 13.8. The number of carbonyl (C=O) groups excluding carboxylic acids is 3. The first-order chi connectivity index (χ1) is 18.3. The van der Waals surface area contributed by atoms with E-state index >= 15 is 0 Å². The van der Waals surface area contributed by atoms with E-state index in [0.29, 0.717) is 29.5 Å². The van der Waals surface area contributed by atoms with Crippen LogP contribution in [-0.2, 0) is 9.53 Å². The zero-order valence-electron chi connectivity index (χ0n) is 21.5. The lowest BCUT2D eigenvalue weighted by Gasteiger charge is -2.27. The number of ether oxygens (including phenoxy) is 1. The molecule has 8 heteroatoms. The van der Waals surface area contributed by atoms with E-state index < -0.39 is 18.0 Å². The molecule has 0 radical (unpaired) electrons. The van der Waals surface area contributed by atoms with Crippen LogP contribution in [0.15, 0.2) is 71.6 Å². The summed E-state index contributed by atoms with van der Waals surface area (Å²) < 4.78 is 5.70. The summed E-state index contributed by atoms with van der Waals surface area (Å²) in [6.07, 6.45) is 0.146. The SMILES string of the molecule is CC(C)CCN1C(=O)[C@@H](NC(=O)OCC2c3ccccc3-c3ccccc32)CSc2ccc(C(N)=O)cc21. The molecule has 3 aromatic rings. The summed E-state index contributed by atoms with van der Waals surface area (Å²) in [6, 6.07) is 20.7. The van der Waals surface area contributed by atoms with Gasteiger partial charge >= 0.3 is 6.09 Å². The van der Waals surface area contributed by atoms with Gasteiger partial charge in [-0.1, -0.05) is 62.4 Å². The third-order valence-electron chi connectivity index (χ3n) is 7.07. The van der Waals surface area contributed by atoms with E-state index in [9.17, 15) is 14.4 Å². The topological polar surface area (TPSA) is 102 Å². The van der Waals surface area contributed by atoms with Crippen LogP contribution in [0.2, 0.25) is 0 Å². The molecule has 0 saturated carbocycles. The summed E-state index contributed by atoms with van der Waals surface area (Å²) in [5, 5.41) is 2.81. The van der Waals surface area contributed by atoms with Gasteiger partial charge in [0.15, 0.2) is 0 Å². The van der Waals surface area contributed by atoms with Crippen molar-refractivity contribution in [3.8, 4) is 11.1 Å². The molecular weight excluding hydrogens is 498 g/mol. The van der Waals surface area contributed by atoms with Gasteiger partial charge in [0.2, 0.25) is 5.91 Å². The molecule has 1 heterocycles. The second kappa shape index (κ2) is 10.9. The zero-order chi connectivity index (χ0) is 26.8. The van der Waals surface area contributed by atoms with Gasteiger partial charge in [-0.25, -0.2) is 4.79 Å². The number of anilines is 1. The van der Waals surface area contributed by atoms with E-state index in [1.807, 2.05) is 30.3 Å². The maximum absolute atomic E-state index is 13.7. The third-order valence-corrected chi connectivity index (χ3v) is 8.23. The van der Waals surface area contributed by atoms with Crippen molar-refractivity contribution in [3.63, 3.8) is 0 Å². The largest absolute Gasteiger partial charge is 0.449 e. The number of nitrogens with two attached hydrogens (primary N) is 1. The van der Waals surface area contributed by atoms with Crippen molar-refractivity contribution in [1.29, 1.82) is 0 Å². The zero-order valence-corrected chi connectivity index (χ0v) is 22.3. The van der Waals surface area contributed by atoms with Gasteiger partial charge in [0, 0.05) is 28.7 Å². The number of hydrogen-bond donors (Lipinski definition) is 2. The molecule has 0 bridgehead atoms. The highest BCUT2D eigenvalue weighted by Gasteiger charge is 2.34. The number of nitrogens with zero attached hydrogens (tertiary/aromatic N) is 1. The Kier molecular flexibility index (Phi) is 7.42. The highest BCUT2D eigenvalue weighted by molar-refractivity contribution is 7.99. The number of carbonyl (C=O) groups is 3. The van der Waals surface area contributed by atoms with Crippen molar-refractivity contribution >= 4 is 35.4 Å². The molecule has 38 heavy (non-hydrogen) atoms. The van der Waals surface area contributed by atoms with Crippen LogP contribution in [0.1, 0.15) is 47.7 Å². The highest BCUT2D eigenvalue weighted by Crippen LogP contribution is 2.44. The van der Waals surface area contributed by atoms with Gasteiger partial charge in [-0.05, 0) is 52.8 Å². The van der Waals surface area contributed by atoms with E-state index in [4.69, 9.17) is 10.5 Å². The molecule has 2 aliphatic rings. The minimum absolute atomic E-state index is 0.0635. The average Bonchev–Trinajstić information content (AvgIpc) is 3.16. The molecule has 0 fully saturated rings. The summed E-state index contributed by atoms with van der Waals surface area (Å²) in [5.74, 6) is -0.121. The lowest BCUT2D eigenvalue weighted by Crippen LogP contribution is -2.50. The van der Waals surface area contributed by atoms with Crippen molar-refractivity contribution in [3.05, 3.63) is 83.4 Å². The molecule has 0 saturated heterocycles. The van der Waals surface area contributed by atoms with Crippen molar-refractivity contribution in [1.82, 2.24) is 5.32 Å². The summed E-state index contributed by atoms with van der Waals surface area (Å²) in [5.41, 5.74) is 11.1. The van der Waals surface area contributed by atoms with Gasteiger partial charge in [-0.15, -0.1) is 11.8 Å². The van der Waals surface area contributed by atoms with Crippen molar-refractivity contribution in [2.45, 2.75) is 37.1 Å². The fourth-order valence-corrected chi connectivity index (χ4v) is 6.11. The monoisotopic (exact) mass is 529 g/mol. The van der Waals surface area contributed by atoms with Gasteiger partial charge in [0.25, 0.3) is 5.91 Å². The molecule has 1 aliphatic heterocycles. The smallest absolute Gasteiger partial charge is 0.407 e. The Morgan fingerprint density at radius 2 is 1.71 bits per heavy atom. The molecule has 3 amide bonds. The van der Waals surface area contributed by atoms with Crippen LogP contribution >= 0.6 is 11.8 Å². The van der Waals surface area contributed by atoms with Crippen LogP contribution in [0, 0.1) is 5.92 Å². The molecule has 0 aromatic heterocycles. The maximum Gasteiger partial charge on any atom is 0.407 e. The Bertz CT molecular complexity index is 1340. The van der Waals surface area contributed by atoms with Gasteiger partial charge in [0.1, 0.15) is 12.6 Å². The Labute approximate surface area is 226 Å². The standard InChI is InChI=1S/C30H31N3O4S/c1-18(2)13-14-33-26-15-19(28(31)34)11-12-27(26)38-17-25(29(33)35)32-30(36)37-16-24-22-9-5-3-7-20(22)21-8-4-6-10-23(21)24/h3-12,15,18,24-25H,13-14,16-17H2,1-2H3,(H2,31,34)(H,32,36)/t25-/m0/s1. The van der Waals surface area contributed by atoms with Crippen molar-refractivity contribution in [2.24, 2.45) is 11.7 Å². The van der Waals surface area contributed by atoms with Gasteiger partial charge < -0.3 is 20.7 Å². The van der Waals surface area contributed by atoms with E-state index in [1.54, 1.807) is 17.0 Å². The number of primary amides is 1. The number of rotatable bonds is 7. The van der Waals surface area contributed by atoms with Crippen LogP contribution in [0.4, 0.5) is 10.5 Å². The van der Waals surface area contributed by atoms with Crippen LogP contribution in [0.25, 0.3) is 11.1 Å². The minimum Gasteiger partial charge on any atom is -0.449 e. The number of benzene rings is 3. The molecular formula is C30H31N3O4S. The Balaban J connectivity index is 1.31. The van der Waals surface area contributed by atoms with E-state index in [2.05, 4.69) is 43.4 Å². The van der Waals surface area contributed by atoms with Gasteiger partial charge in [0.05, 0.1) is 5.69 Å². The Hall–Kier alpha value is -3.78. The van der Waals surface area contributed by atoms with E-state index in [-0.39, 0.29) is 18.4 Å². The van der Waals surface area contributed by atoms with Gasteiger partial charge in [-0.2, -0.15) is 0 Å². The van der Waals surface area contributed by atoms with E-state index in [0.717, 1.165) is 33.6 Å². The minimum atomic E-state index is -0.771. The fourth-order valence-electron chi connectivity index (χ4n) is 5.06. The number of fused-ring (bicyclic) bond motifs is 4. The molecule has 1 atom stereocenters. The maximum atomic E-state index is 13.7. The van der Waals surface area contributed by atoms with Gasteiger partial charge in [-0.3, -0.25) is 9.59 Å². The first-order valence-electron chi connectivity index (χ1n) is 12.8. The molecule has 0 unspecified atom stereocenters. The molecule has 0 spiro atoms. The predicted molar refractivity (Wildman–Crippen MR) is 149 cm³/mol. The second-order valence-corrected chi connectivity index (χ2v) is 11.1. The fraction of sp³-hybridized carbons (Fsp3) is 0.300. The van der Waals surface area contributed by atoms with Crippen molar-refractivity contribution < 1.29 is 19.1 Å². The van der Waals surface area contributed by atoms with Crippen LogP contribution in [0.3, 0.4) is 0 Å². The average molecular weight is 530 g/mol. The number of amides is 3. The normalized spacial score (nSPS) is 16.4. The first kappa shape index (κ1) is 25.9. The third kappa shape index (κ3) is 5.13.